The van der Waals surface area contributed by atoms with Gasteiger partial charge in [0.2, 0.25) is 5.91 Å². The van der Waals surface area contributed by atoms with Gasteiger partial charge in [0, 0.05) is 23.5 Å². The molecule has 0 spiro atoms. The minimum atomic E-state index is -0.737. The molecule has 0 aromatic heterocycles. The Labute approximate surface area is 214 Å². The first-order valence-corrected chi connectivity index (χ1v) is 12.4. The smallest absolute Gasteiger partial charge is 0.261 e. The summed E-state index contributed by atoms with van der Waals surface area (Å²) in [6.07, 6.45) is 1.14. The number of hydrogen-bond acceptors (Lipinski definition) is 3. The Hall–Kier alpha value is -3.19. The molecule has 0 bridgehead atoms. The van der Waals surface area contributed by atoms with Crippen LogP contribution in [0.3, 0.4) is 0 Å². The monoisotopic (exact) mass is 540 g/mol. The summed E-state index contributed by atoms with van der Waals surface area (Å²) in [6.45, 7) is 3.91. The van der Waals surface area contributed by atoms with Crippen LogP contribution in [0.4, 0.5) is 4.39 Å². The quantitative estimate of drug-likeness (QED) is 0.348. The van der Waals surface area contributed by atoms with Crippen LogP contribution in [0.25, 0.3) is 0 Å². The van der Waals surface area contributed by atoms with E-state index < -0.39 is 6.04 Å². The number of hydrogen-bond donors (Lipinski definition) is 1. The van der Waals surface area contributed by atoms with E-state index in [1.165, 1.54) is 24.3 Å². The largest absolute Gasteiger partial charge is 0.484 e. The van der Waals surface area contributed by atoms with Gasteiger partial charge in [-0.15, -0.1) is 0 Å². The molecule has 3 aromatic rings. The summed E-state index contributed by atoms with van der Waals surface area (Å²) >= 11 is 3.44. The number of ether oxygens (including phenoxy) is 1. The number of nitrogens with one attached hydrogen (secondary N) is 1. The van der Waals surface area contributed by atoms with Gasteiger partial charge in [0.05, 0.1) is 0 Å². The molecule has 2 amide bonds. The van der Waals surface area contributed by atoms with Crippen LogP contribution in [-0.2, 0) is 22.6 Å². The van der Waals surface area contributed by atoms with E-state index >= 15 is 0 Å². The highest BCUT2D eigenvalue weighted by molar-refractivity contribution is 9.10. The molecule has 2 atom stereocenters. The van der Waals surface area contributed by atoms with Crippen LogP contribution < -0.4 is 10.1 Å². The Morgan fingerprint density at radius 1 is 0.971 bits per heavy atom. The van der Waals surface area contributed by atoms with E-state index in [2.05, 4.69) is 21.2 Å². The molecule has 0 fully saturated rings. The van der Waals surface area contributed by atoms with Crippen molar-refractivity contribution in [2.75, 3.05) is 6.61 Å². The van der Waals surface area contributed by atoms with E-state index in [1.54, 1.807) is 4.90 Å². The lowest BCUT2D eigenvalue weighted by Gasteiger charge is -2.32. The molecule has 0 aliphatic carbocycles. The standard InChI is InChI=1S/C28H30BrFN2O3/c1-3-20(2)31-28(34)26(17-21-7-5-4-6-8-21)32(18-22-9-11-23(29)12-10-22)27(33)19-35-25-15-13-24(30)14-16-25/h4-16,20,26H,3,17-19H2,1-2H3,(H,31,34)/t20-,26+/m0/s1. The predicted molar refractivity (Wildman–Crippen MR) is 138 cm³/mol. The maximum Gasteiger partial charge on any atom is 0.261 e. The van der Waals surface area contributed by atoms with Crippen molar-refractivity contribution in [3.05, 3.63) is 100 Å². The van der Waals surface area contributed by atoms with Crippen molar-refractivity contribution in [1.29, 1.82) is 0 Å². The Bertz CT molecular complexity index is 1090. The molecule has 0 saturated carbocycles. The van der Waals surface area contributed by atoms with Gasteiger partial charge < -0.3 is 15.0 Å². The van der Waals surface area contributed by atoms with Gasteiger partial charge in [0.25, 0.3) is 5.91 Å². The Morgan fingerprint density at radius 3 is 2.26 bits per heavy atom. The van der Waals surface area contributed by atoms with E-state index in [1.807, 2.05) is 68.4 Å². The summed E-state index contributed by atoms with van der Waals surface area (Å²) in [7, 11) is 0. The number of halogens is 2. The molecule has 0 aliphatic heterocycles. The predicted octanol–water partition coefficient (Wildman–Crippen LogP) is 5.52. The third-order valence-electron chi connectivity index (χ3n) is 5.71. The molecule has 5 nitrogen and oxygen atoms in total. The molecule has 3 aromatic carbocycles. The summed E-state index contributed by atoms with van der Waals surface area (Å²) in [5.41, 5.74) is 1.84. The van der Waals surface area contributed by atoms with E-state index in [4.69, 9.17) is 4.74 Å². The average Bonchev–Trinajstić information content (AvgIpc) is 2.87. The second kappa shape index (κ2) is 13.0. The molecule has 0 radical (unpaired) electrons. The fourth-order valence-corrected chi connectivity index (χ4v) is 3.80. The molecular weight excluding hydrogens is 511 g/mol. The van der Waals surface area contributed by atoms with Gasteiger partial charge in [-0.05, 0) is 60.9 Å². The molecule has 0 saturated heterocycles. The first-order chi connectivity index (χ1) is 16.9. The second-order valence-corrected chi connectivity index (χ2v) is 9.33. The van der Waals surface area contributed by atoms with E-state index in [0.717, 1.165) is 22.0 Å². The SMILES string of the molecule is CC[C@H](C)NC(=O)[C@@H](Cc1ccccc1)N(Cc1ccc(Br)cc1)C(=O)COc1ccc(F)cc1. The number of benzene rings is 3. The highest BCUT2D eigenvalue weighted by Crippen LogP contribution is 2.18. The number of rotatable bonds is 11. The lowest BCUT2D eigenvalue weighted by molar-refractivity contribution is -0.143. The van der Waals surface area contributed by atoms with Gasteiger partial charge in [-0.1, -0.05) is 65.3 Å². The van der Waals surface area contributed by atoms with Crippen LogP contribution >= 0.6 is 15.9 Å². The first-order valence-electron chi connectivity index (χ1n) is 11.6. The molecule has 0 unspecified atom stereocenters. The van der Waals surface area contributed by atoms with Gasteiger partial charge in [-0.3, -0.25) is 9.59 Å². The summed E-state index contributed by atoms with van der Waals surface area (Å²) in [6, 6.07) is 22.0. The topological polar surface area (TPSA) is 58.6 Å². The van der Waals surface area contributed by atoms with Crippen molar-refractivity contribution in [2.45, 2.75) is 45.3 Å². The molecule has 3 rings (SSSR count). The van der Waals surface area contributed by atoms with Crippen molar-refractivity contribution < 1.29 is 18.7 Å². The van der Waals surface area contributed by atoms with Gasteiger partial charge >= 0.3 is 0 Å². The maximum atomic E-state index is 13.5. The zero-order valence-corrected chi connectivity index (χ0v) is 21.5. The average molecular weight is 541 g/mol. The minimum absolute atomic E-state index is 0.0270. The summed E-state index contributed by atoms with van der Waals surface area (Å²) in [5.74, 6) is -0.551. The molecule has 7 heteroatoms. The van der Waals surface area contributed by atoms with Crippen LogP contribution in [0.2, 0.25) is 0 Å². The third kappa shape index (κ3) is 8.21. The number of amides is 2. The molecular formula is C28H30BrFN2O3. The van der Waals surface area contributed by atoms with Crippen LogP contribution in [0.15, 0.2) is 83.3 Å². The fourth-order valence-electron chi connectivity index (χ4n) is 3.54. The van der Waals surface area contributed by atoms with Crippen LogP contribution in [0.5, 0.6) is 5.75 Å². The maximum absolute atomic E-state index is 13.5. The second-order valence-electron chi connectivity index (χ2n) is 8.41. The Balaban J connectivity index is 1.89. The Morgan fingerprint density at radius 2 is 1.63 bits per heavy atom. The lowest BCUT2D eigenvalue weighted by Crippen LogP contribution is -2.53. The third-order valence-corrected chi connectivity index (χ3v) is 6.24. The fraction of sp³-hybridized carbons (Fsp3) is 0.286. The van der Waals surface area contributed by atoms with Gasteiger partial charge in [-0.25, -0.2) is 4.39 Å². The summed E-state index contributed by atoms with van der Waals surface area (Å²) in [4.78, 5) is 28.5. The van der Waals surface area contributed by atoms with E-state index in [0.29, 0.717) is 12.2 Å². The van der Waals surface area contributed by atoms with Crippen molar-refractivity contribution in [2.24, 2.45) is 0 Å². The molecule has 0 heterocycles. The minimum Gasteiger partial charge on any atom is -0.484 e. The normalized spacial score (nSPS) is 12.5. The van der Waals surface area contributed by atoms with Crippen molar-refractivity contribution in [1.82, 2.24) is 10.2 Å². The highest BCUT2D eigenvalue weighted by Gasteiger charge is 2.31. The summed E-state index contributed by atoms with van der Waals surface area (Å²) < 4.78 is 19.8. The van der Waals surface area contributed by atoms with Gasteiger partial charge in [-0.2, -0.15) is 0 Å². The van der Waals surface area contributed by atoms with E-state index in [-0.39, 0.29) is 36.8 Å². The zero-order valence-electron chi connectivity index (χ0n) is 19.9. The number of carbonyl (C=O) groups excluding carboxylic acids is 2. The highest BCUT2D eigenvalue weighted by atomic mass is 79.9. The molecule has 35 heavy (non-hydrogen) atoms. The molecule has 0 aliphatic rings. The summed E-state index contributed by atoms with van der Waals surface area (Å²) in [5, 5.41) is 3.04. The van der Waals surface area contributed by atoms with Crippen LogP contribution in [0, 0.1) is 5.82 Å². The number of nitrogens with zero attached hydrogens (tertiary/aromatic N) is 1. The molecule has 1 N–H and O–H groups in total. The number of carbonyl (C=O) groups is 2. The van der Waals surface area contributed by atoms with Crippen molar-refractivity contribution >= 4 is 27.7 Å². The van der Waals surface area contributed by atoms with Gasteiger partial charge in [0.15, 0.2) is 6.61 Å². The van der Waals surface area contributed by atoms with E-state index in [9.17, 15) is 14.0 Å². The lowest BCUT2D eigenvalue weighted by atomic mass is 10.0. The van der Waals surface area contributed by atoms with Crippen molar-refractivity contribution in [3.8, 4) is 5.75 Å². The Kier molecular flexibility index (Phi) is 9.85. The van der Waals surface area contributed by atoms with Gasteiger partial charge in [0.1, 0.15) is 17.6 Å². The van der Waals surface area contributed by atoms with Crippen LogP contribution in [-0.4, -0.2) is 35.4 Å². The van der Waals surface area contributed by atoms with Crippen molar-refractivity contribution in [3.63, 3.8) is 0 Å². The molecule has 184 valence electrons. The zero-order chi connectivity index (χ0) is 25.2. The first kappa shape index (κ1) is 26.4. The van der Waals surface area contributed by atoms with Crippen LogP contribution in [0.1, 0.15) is 31.4 Å².